The third-order valence-corrected chi connectivity index (χ3v) is 3.85. The van der Waals surface area contributed by atoms with Gasteiger partial charge in [0.25, 0.3) is 0 Å². The van der Waals surface area contributed by atoms with Crippen LogP contribution in [0.25, 0.3) is 0 Å². The van der Waals surface area contributed by atoms with E-state index >= 15 is 0 Å². The van der Waals surface area contributed by atoms with Gasteiger partial charge in [-0.15, -0.1) is 11.8 Å². The molecule has 0 aliphatic carbocycles. The van der Waals surface area contributed by atoms with Crippen LogP contribution in [0.2, 0.25) is 0 Å². The van der Waals surface area contributed by atoms with Crippen molar-refractivity contribution in [2.45, 2.75) is 18.7 Å². The molecule has 0 saturated carbocycles. The number of benzene rings is 1. The van der Waals surface area contributed by atoms with Crippen molar-refractivity contribution in [1.82, 2.24) is 10.2 Å². The van der Waals surface area contributed by atoms with Crippen molar-refractivity contribution in [2.75, 3.05) is 11.1 Å². The molecule has 2 rings (SSSR count). The lowest BCUT2D eigenvalue weighted by atomic mass is 10.3. The molecule has 0 spiro atoms. The van der Waals surface area contributed by atoms with Crippen molar-refractivity contribution in [3.05, 3.63) is 41.5 Å². The molecule has 4 nitrogen and oxygen atoms in total. The van der Waals surface area contributed by atoms with Gasteiger partial charge < -0.3 is 5.32 Å². The van der Waals surface area contributed by atoms with Crippen molar-refractivity contribution < 1.29 is 9.18 Å². The van der Waals surface area contributed by atoms with Crippen LogP contribution in [-0.2, 0) is 4.79 Å². The number of aryl methyl sites for hydroxylation is 2. The smallest absolute Gasteiger partial charge is 0.234 e. The largest absolute Gasteiger partial charge is 0.323 e. The molecule has 0 aliphatic heterocycles. The second-order valence-electron chi connectivity index (χ2n) is 4.08. The maximum absolute atomic E-state index is 13.4. The van der Waals surface area contributed by atoms with Gasteiger partial charge in [-0.05, 0) is 26.0 Å². The van der Waals surface area contributed by atoms with Gasteiger partial charge in [0.05, 0.1) is 22.0 Å². The summed E-state index contributed by atoms with van der Waals surface area (Å²) in [5.74, 6) is -0.457. The highest BCUT2D eigenvalue weighted by atomic mass is 32.2. The van der Waals surface area contributed by atoms with Gasteiger partial charge in [0.2, 0.25) is 5.91 Å². The predicted octanol–water partition coefficient (Wildman–Crippen LogP) is 2.90. The summed E-state index contributed by atoms with van der Waals surface area (Å²) >= 11 is 1.39. The lowest BCUT2D eigenvalue weighted by Gasteiger charge is -2.06. The minimum atomic E-state index is -0.434. The fraction of sp³-hybridized carbons (Fsp3) is 0.231. The van der Waals surface area contributed by atoms with E-state index in [1.54, 1.807) is 12.1 Å². The molecule has 100 valence electrons. The van der Waals surface area contributed by atoms with Crippen LogP contribution in [0.4, 0.5) is 10.1 Å². The Morgan fingerprint density at radius 3 is 2.79 bits per heavy atom. The molecular weight excluding hydrogens is 265 g/mol. The minimum Gasteiger partial charge on any atom is -0.323 e. The number of H-pyrrole nitrogens is 1. The molecule has 1 amide bonds. The van der Waals surface area contributed by atoms with Gasteiger partial charge >= 0.3 is 0 Å². The first-order valence-corrected chi connectivity index (χ1v) is 6.75. The Morgan fingerprint density at radius 1 is 1.42 bits per heavy atom. The van der Waals surface area contributed by atoms with Crippen LogP contribution < -0.4 is 5.32 Å². The Morgan fingerprint density at radius 2 is 2.16 bits per heavy atom. The van der Waals surface area contributed by atoms with Crippen LogP contribution in [0, 0.1) is 19.7 Å². The summed E-state index contributed by atoms with van der Waals surface area (Å²) < 4.78 is 13.4. The topological polar surface area (TPSA) is 57.8 Å². The molecule has 2 N–H and O–H groups in total. The number of carbonyl (C=O) groups excluding carboxylic acids is 1. The highest BCUT2D eigenvalue weighted by Gasteiger charge is 2.11. The molecule has 1 aromatic heterocycles. The predicted molar refractivity (Wildman–Crippen MR) is 73.8 cm³/mol. The minimum absolute atomic E-state index is 0.203. The van der Waals surface area contributed by atoms with Crippen LogP contribution >= 0.6 is 11.8 Å². The summed E-state index contributed by atoms with van der Waals surface area (Å²) in [6.07, 6.45) is 0. The SMILES string of the molecule is Cc1n[nH]c(C)c1SCC(=O)Nc1ccccc1F. The van der Waals surface area contributed by atoms with E-state index in [1.165, 1.54) is 23.9 Å². The van der Waals surface area contributed by atoms with Crippen molar-refractivity contribution in [2.24, 2.45) is 0 Å². The van der Waals surface area contributed by atoms with E-state index < -0.39 is 5.82 Å². The molecule has 0 aliphatic rings. The summed E-state index contributed by atoms with van der Waals surface area (Å²) in [6, 6.07) is 6.10. The normalized spacial score (nSPS) is 10.5. The van der Waals surface area contributed by atoms with Crippen molar-refractivity contribution >= 4 is 23.4 Å². The number of aromatic amines is 1. The van der Waals surface area contributed by atoms with Crippen molar-refractivity contribution in [3.8, 4) is 0 Å². The zero-order valence-electron chi connectivity index (χ0n) is 10.7. The Labute approximate surface area is 114 Å². The van der Waals surface area contributed by atoms with E-state index in [0.29, 0.717) is 0 Å². The fourth-order valence-corrected chi connectivity index (χ4v) is 2.50. The second kappa shape index (κ2) is 5.88. The highest BCUT2D eigenvalue weighted by molar-refractivity contribution is 8.00. The maximum atomic E-state index is 13.4. The number of hydrogen-bond donors (Lipinski definition) is 2. The first kappa shape index (κ1) is 13.6. The van der Waals surface area contributed by atoms with Crippen LogP contribution in [0.5, 0.6) is 0 Å². The fourth-order valence-electron chi connectivity index (χ4n) is 1.64. The molecular formula is C13H14FN3OS. The number of anilines is 1. The Bertz CT molecular complexity index is 578. The van der Waals surface area contributed by atoms with E-state index in [-0.39, 0.29) is 17.3 Å². The average Bonchev–Trinajstić information content (AvgIpc) is 2.70. The van der Waals surface area contributed by atoms with E-state index in [9.17, 15) is 9.18 Å². The van der Waals surface area contributed by atoms with Gasteiger partial charge in [-0.3, -0.25) is 9.89 Å². The van der Waals surface area contributed by atoms with E-state index in [0.717, 1.165) is 16.3 Å². The molecule has 19 heavy (non-hydrogen) atoms. The van der Waals surface area contributed by atoms with Crippen molar-refractivity contribution in [1.29, 1.82) is 0 Å². The van der Waals surface area contributed by atoms with Crippen molar-refractivity contribution in [3.63, 3.8) is 0 Å². The second-order valence-corrected chi connectivity index (χ2v) is 5.07. The molecule has 1 heterocycles. The number of carbonyl (C=O) groups is 1. The van der Waals surface area contributed by atoms with Gasteiger partial charge in [-0.2, -0.15) is 5.10 Å². The standard InChI is InChI=1S/C13H14FN3OS/c1-8-13(9(2)17-16-8)19-7-12(18)15-11-6-4-3-5-10(11)14/h3-6H,7H2,1-2H3,(H,15,18)(H,16,17). The Hall–Kier alpha value is -1.82. The molecule has 0 radical (unpaired) electrons. The Kier molecular flexibility index (Phi) is 4.21. The highest BCUT2D eigenvalue weighted by Crippen LogP contribution is 2.24. The molecule has 0 unspecified atom stereocenters. The summed E-state index contributed by atoms with van der Waals surface area (Å²) in [5, 5.41) is 9.46. The number of aromatic nitrogens is 2. The third kappa shape index (κ3) is 3.35. The quantitative estimate of drug-likeness (QED) is 0.846. The lowest BCUT2D eigenvalue weighted by Crippen LogP contribution is -2.15. The van der Waals surface area contributed by atoms with Crippen LogP contribution in [0.3, 0.4) is 0 Å². The lowest BCUT2D eigenvalue weighted by molar-refractivity contribution is -0.113. The van der Waals surface area contributed by atoms with Crippen LogP contribution in [-0.4, -0.2) is 21.9 Å². The molecule has 0 fully saturated rings. The number of thioether (sulfide) groups is 1. The number of para-hydroxylation sites is 1. The first-order chi connectivity index (χ1) is 9.08. The van der Waals surface area contributed by atoms with Gasteiger partial charge in [0, 0.05) is 5.69 Å². The van der Waals surface area contributed by atoms with Gasteiger partial charge in [0.1, 0.15) is 5.82 Å². The van der Waals surface area contributed by atoms with E-state index in [2.05, 4.69) is 15.5 Å². The van der Waals surface area contributed by atoms with Crippen LogP contribution in [0.1, 0.15) is 11.4 Å². The number of rotatable bonds is 4. The number of amides is 1. The third-order valence-electron chi connectivity index (χ3n) is 2.56. The molecule has 2 aromatic rings. The number of nitrogens with zero attached hydrogens (tertiary/aromatic N) is 1. The summed E-state index contributed by atoms with van der Waals surface area (Å²) in [5.41, 5.74) is 2.00. The van der Waals surface area contributed by atoms with E-state index in [4.69, 9.17) is 0 Å². The summed E-state index contributed by atoms with van der Waals surface area (Å²) in [7, 11) is 0. The van der Waals surface area contributed by atoms with E-state index in [1.807, 2.05) is 13.8 Å². The monoisotopic (exact) mass is 279 g/mol. The van der Waals surface area contributed by atoms with Crippen LogP contribution in [0.15, 0.2) is 29.2 Å². The summed E-state index contributed by atoms with van der Waals surface area (Å²) in [4.78, 5) is 12.7. The Balaban J connectivity index is 1.94. The van der Waals surface area contributed by atoms with Gasteiger partial charge in [-0.25, -0.2) is 4.39 Å². The number of halogens is 1. The average molecular weight is 279 g/mol. The zero-order valence-corrected chi connectivity index (χ0v) is 11.5. The number of hydrogen-bond acceptors (Lipinski definition) is 3. The number of nitrogens with one attached hydrogen (secondary N) is 2. The maximum Gasteiger partial charge on any atom is 0.234 e. The molecule has 0 saturated heterocycles. The molecule has 0 atom stereocenters. The first-order valence-electron chi connectivity index (χ1n) is 5.76. The summed E-state index contributed by atoms with van der Waals surface area (Å²) in [6.45, 7) is 3.78. The molecule has 1 aromatic carbocycles. The molecule has 0 bridgehead atoms. The molecule has 6 heteroatoms. The van der Waals surface area contributed by atoms with Gasteiger partial charge in [-0.1, -0.05) is 12.1 Å². The zero-order chi connectivity index (χ0) is 13.8. The van der Waals surface area contributed by atoms with Gasteiger partial charge in [0.15, 0.2) is 0 Å².